The fourth-order valence-electron chi connectivity index (χ4n) is 3.95. The summed E-state index contributed by atoms with van der Waals surface area (Å²) >= 11 is 1.76. The molecule has 0 spiro atoms. The zero-order valence-electron chi connectivity index (χ0n) is 17.1. The van der Waals surface area contributed by atoms with Crippen molar-refractivity contribution in [1.29, 1.82) is 0 Å². The van der Waals surface area contributed by atoms with Crippen LogP contribution in [0.3, 0.4) is 0 Å². The molecule has 3 N–H and O–H groups in total. The predicted octanol–water partition coefficient (Wildman–Crippen LogP) is 5.80. The Bertz CT molecular complexity index is 713. The number of aromatic hydroxyl groups is 2. The van der Waals surface area contributed by atoms with Crippen molar-refractivity contribution in [2.45, 2.75) is 64.3 Å². The van der Waals surface area contributed by atoms with Crippen LogP contribution in [0.1, 0.15) is 55.7 Å². The van der Waals surface area contributed by atoms with Crippen molar-refractivity contribution in [2.24, 2.45) is 0 Å². The van der Waals surface area contributed by atoms with Crippen LogP contribution in [0.5, 0.6) is 11.5 Å². The molecule has 0 saturated carbocycles. The summed E-state index contributed by atoms with van der Waals surface area (Å²) in [5.74, 6) is 0.0726. The lowest BCUT2D eigenvalue weighted by molar-refractivity contribution is 0.109. The van der Waals surface area contributed by atoms with Crippen LogP contribution >= 0.6 is 45.3 Å². The van der Waals surface area contributed by atoms with Gasteiger partial charge in [0.2, 0.25) is 0 Å². The van der Waals surface area contributed by atoms with Gasteiger partial charge in [-0.2, -0.15) is 11.3 Å². The number of fused-ring (bicyclic) bond motifs is 1. The Kier molecular flexibility index (Phi) is 12.4. The standard InChI is InChI=1S/C22H32N2O2S.2BrH/c1-2-3-4-5-13-24(23-12-10-17-11-14-27-16-17)19-7-8-20-18(15-19)6-9-21(25)22(20)26;;/h6,9,11,14,16,19,23,25-26H,2-5,7-8,10,12-13,15H2,1H3;2*1H. The van der Waals surface area contributed by atoms with Gasteiger partial charge in [-0.15, -0.1) is 34.0 Å². The van der Waals surface area contributed by atoms with Crippen LogP contribution in [0, 0.1) is 0 Å². The number of hydrogen-bond acceptors (Lipinski definition) is 5. The second-order valence-electron chi connectivity index (χ2n) is 7.51. The number of hydrogen-bond donors (Lipinski definition) is 3. The molecule has 0 fully saturated rings. The molecule has 4 nitrogen and oxygen atoms in total. The monoisotopic (exact) mass is 548 g/mol. The molecule has 29 heavy (non-hydrogen) atoms. The smallest absolute Gasteiger partial charge is 0.160 e. The van der Waals surface area contributed by atoms with E-state index in [1.54, 1.807) is 17.4 Å². The summed E-state index contributed by atoms with van der Waals surface area (Å²) in [5.41, 5.74) is 7.18. The molecule has 1 aliphatic carbocycles. The summed E-state index contributed by atoms with van der Waals surface area (Å²) in [5, 5.41) is 26.7. The highest BCUT2D eigenvalue weighted by Gasteiger charge is 2.26. The Balaban J connectivity index is 0.00000210. The molecule has 1 unspecified atom stereocenters. The van der Waals surface area contributed by atoms with Crippen LogP contribution in [-0.2, 0) is 19.3 Å². The number of thiophene rings is 1. The number of rotatable bonds is 10. The number of phenols is 2. The molecule has 7 heteroatoms. The van der Waals surface area contributed by atoms with Crippen molar-refractivity contribution in [1.82, 2.24) is 10.4 Å². The van der Waals surface area contributed by atoms with E-state index in [0.717, 1.165) is 44.3 Å². The van der Waals surface area contributed by atoms with Gasteiger partial charge < -0.3 is 10.2 Å². The van der Waals surface area contributed by atoms with Crippen molar-refractivity contribution >= 4 is 45.3 Å². The Labute approximate surface area is 199 Å². The lowest BCUT2D eigenvalue weighted by Crippen LogP contribution is -2.49. The molecule has 0 radical (unpaired) electrons. The zero-order chi connectivity index (χ0) is 19.1. The first kappa shape index (κ1) is 26.4. The molecule has 2 aromatic rings. The third-order valence-electron chi connectivity index (χ3n) is 5.54. The van der Waals surface area contributed by atoms with Gasteiger partial charge in [-0.25, -0.2) is 5.01 Å². The van der Waals surface area contributed by atoms with E-state index in [1.165, 1.54) is 36.8 Å². The highest BCUT2D eigenvalue weighted by molar-refractivity contribution is 8.93. The molecule has 0 saturated heterocycles. The van der Waals surface area contributed by atoms with E-state index in [-0.39, 0.29) is 45.5 Å². The number of nitrogens with zero attached hydrogens (tertiary/aromatic N) is 1. The van der Waals surface area contributed by atoms with Crippen molar-refractivity contribution in [3.8, 4) is 11.5 Å². The third kappa shape index (κ3) is 7.55. The second-order valence-corrected chi connectivity index (χ2v) is 8.29. The molecule has 0 bridgehead atoms. The lowest BCUT2D eigenvalue weighted by atomic mass is 9.87. The van der Waals surface area contributed by atoms with Crippen LogP contribution in [0.25, 0.3) is 0 Å². The Morgan fingerprint density at radius 1 is 1.14 bits per heavy atom. The van der Waals surface area contributed by atoms with E-state index in [9.17, 15) is 10.2 Å². The van der Waals surface area contributed by atoms with Gasteiger partial charge >= 0.3 is 0 Å². The van der Waals surface area contributed by atoms with Gasteiger partial charge in [0.1, 0.15) is 0 Å². The minimum absolute atomic E-state index is 0. The molecule has 3 rings (SSSR count). The molecule has 0 amide bonds. The summed E-state index contributed by atoms with van der Waals surface area (Å²) in [6.45, 7) is 4.26. The van der Waals surface area contributed by atoms with Gasteiger partial charge in [0, 0.05) is 24.7 Å². The summed E-state index contributed by atoms with van der Waals surface area (Å²) in [6.07, 6.45) is 8.83. The molecule has 1 heterocycles. The highest BCUT2D eigenvalue weighted by Crippen LogP contribution is 2.36. The first-order chi connectivity index (χ1) is 13.2. The highest BCUT2D eigenvalue weighted by atomic mass is 79.9. The van der Waals surface area contributed by atoms with Crippen LogP contribution in [0.2, 0.25) is 0 Å². The van der Waals surface area contributed by atoms with E-state index < -0.39 is 0 Å². The minimum Gasteiger partial charge on any atom is -0.504 e. The van der Waals surface area contributed by atoms with E-state index in [2.05, 4.69) is 34.2 Å². The number of phenolic OH excluding ortho intramolecular Hbond substituents is 2. The molecule has 1 aromatic heterocycles. The van der Waals surface area contributed by atoms with E-state index in [0.29, 0.717) is 6.04 Å². The lowest BCUT2D eigenvalue weighted by Gasteiger charge is -2.36. The maximum atomic E-state index is 10.1. The van der Waals surface area contributed by atoms with Crippen LogP contribution in [-0.4, -0.2) is 34.4 Å². The average Bonchev–Trinajstić information content (AvgIpc) is 3.20. The summed E-state index contributed by atoms with van der Waals surface area (Å²) in [6, 6.07) is 6.22. The topological polar surface area (TPSA) is 55.7 Å². The first-order valence-corrected chi connectivity index (χ1v) is 11.2. The molecular weight excluding hydrogens is 516 g/mol. The Morgan fingerprint density at radius 3 is 2.69 bits per heavy atom. The van der Waals surface area contributed by atoms with E-state index in [4.69, 9.17) is 0 Å². The summed E-state index contributed by atoms with van der Waals surface area (Å²) in [7, 11) is 0. The van der Waals surface area contributed by atoms with E-state index in [1.807, 2.05) is 6.07 Å². The van der Waals surface area contributed by atoms with Crippen molar-refractivity contribution < 1.29 is 10.2 Å². The number of unbranched alkanes of at least 4 members (excludes halogenated alkanes) is 3. The third-order valence-corrected chi connectivity index (χ3v) is 6.28. The minimum atomic E-state index is -0.00231. The van der Waals surface area contributed by atoms with Crippen LogP contribution in [0.15, 0.2) is 29.0 Å². The molecule has 1 atom stereocenters. The molecule has 164 valence electrons. The fraction of sp³-hybridized carbons (Fsp3) is 0.545. The number of benzene rings is 1. The molecule has 1 aromatic carbocycles. The fourth-order valence-corrected chi connectivity index (χ4v) is 4.65. The predicted molar refractivity (Wildman–Crippen MR) is 133 cm³/mol. The van der Waals surface area contributed by atoms with Crippen LogP contribution in [0.4, 0.5) is 0 Å². The number of nitrogens with one attached hydrogen (secondary N) is 1. The Morgan fingerprint density at radius 2 is 1.97 bits per heavy atom. The van der Waals surface area contributed by atoms with Crippen molar-refractivity contribution in [2.75, 3.05) is 13.1 Å². The zero-order valence-corrected chi connectivity index (χ0v) is 21.3. The van der Waals surface area contributed by atoms with Gasteiger partial charge in [-0.05, 0) is 66.1 Å². The largest absolute Gasteiger partial charge is 0.504 e. The maximum Gasteiger partial charge on any atom is 0.160 e. The van der Waals surface area contributed by atoms with Gasteiger partial charge in [-0.1, -0.05) is 32.3 Å². The first-order valence-electron chi connectivity index (χ1n) is 10.2. The molecule has 1 aliphatic rings. The quantitative estimate of drug-likeness (QED) is 0.199. The molecular formula is C22H34Br2N2O2S. The average molecular weight is 550 g/mol. The Hall–Kier alpha value is -0.600. The van der Waals surface area contributed by atoms with Gasteiger partial charge in [-0.3, -0.25) is 5.43 Å². The maximum absolute atomic E-state index is 10.1. The van der Waals surface area contributed by atoms with Gasteiger partial charge in [0.25, 0.3) is 0 Å². The number of halogens is 2. The van der Waals surface area contributed by atoms with Crippen molar-refractivity contribution in [3.05, 3.63) is 45.6 Å². The SMILES string of the molecule is Br.Br.CCCCCCN(NCCc1ccsc1)C1CCc2c(ccc(O)c2O)C1. The van der Waals surface area contributed by atoms with E-state index >= 15 is 0 Å². The van der Waals surface area contributed by atoms with Crippen LogP contribution < -0.4 is 5.43 Å². The molecule has 0 aliphatic heterocycles. The summed E-state index contributed by atoms with van der Waals surface area (Å²) in [4.78, 5) is 0. The van der Waals surface area contributed by atoms with Gasteiger partial charge in [0.15, 0.2) is 11.5 Å². The normalized spacial score (nSPS) is 15.4. The summed E-state index contributed by atoms with van der Waals surface area (Å²) < 4.78 is 0. The van der Waals surface area contributed by atoms with Crippen molar-refractivity contribution in [3.63, 3.8) is 0 Å². The van der Waals surface area contributed by atoms with Gasteiger partial charge in [0.05, 0.1) is 0 Å². The number of hydrazine groups is 1. The second kappa shape index (κ2) is 13.7.